The number of benzene rings is 1. The van der Waals surface area contributed by atoms with Crippen LogP contribution in [0.5, 0.6) is 0 Å². The Morgan fingerprint density at radius 3 is 2.17 bits per heavy atom. The highest BCUT2D eigenvalue weighted by Crippen LogP contribution is 2.22. The topological polar surface area (TPSA) is 89.0 Å². The molecule has 2 aromatic rings. The Hall–Kier alpha value is -2.49. The molecule has 0 fully saturated rings. The van der Waals surface area contributed by atoms with E-state index < -0.39 is 21.9 Å². The van der Waals surface area contributed by atoms with Crippen molar-refractivity contribution in [2.45, 2.75) is 18.1 Å². The molecule has 0 saturated heterocycles. The molecule has 1 amide bonds. The standard InChI is InChI=1S/C14H12F3N3O3S/c1-2-24(22,23)12-8-7-11(19-20-12)9-3-5-10(6-4-9)18-13(21)14(15,16)17/h3-8H,2H2,1H3,(H,18,21). The molecule has 1 aromatic heterocycles. The molecule has 0 atom stereocenters. The van der Waals surface area contributed by atoms with Crippen LogP contribution < -0.4 is 5.32 Å². The summed E-state index contributed by atoms with van der Waals surface area (Å²) < 4.78 is 59.8. The predicted molar refractivity (Wildman–Crippen MR) is 79.9 cm³/mol. The van der Waals surface area contributed by atoms with Gasteiger partial charge in [-0.3, -0.25) is 4.79 Å². The molecule has 0 radical (unpaired) electrons. The fourth-order valence-corrected chi connectivity index (χ4v) is 2.45. The number of sulfone groups is 1. The molecule has 0 aliphatic carbocycles. The first-order valence-corrected chi connectivity index (χ1v) is 8.34. The van der Waals surface area contributed by atoms with Crippen LogP contribution in [0.2, 0.25) is 0 Å². The molecule has 10 heteroatoms. The molecule has 1 heterocycles. The molecule has 0 aliphatic rings. The number of nitrogens with one attached hydrogen (secondary N) is 1. The highest BCUT2D eigenvalue weighted by Gasteiger charge is 2.38. The van der Waals surface area contributed by atoms with Gasteiger partial charge in [-0.25, -0.2) is 8.42 Å². The van der Waals surface area contributed by atoms with Crippen molar-refractivity contribution in [2.75, 3.05) is 11.1 Å². The molecule has 0 bridgehead atoms. The molecule has 6 nitrogen and oxygen atoms in total. The van der Waals surface area contributed by atoms with Crippen molar-refractivity contribution in [3.63, 3.8) is 0 Å². The number of carbonyl (C=O) groups excluding carboxylic acids is 1. The summed E-state index contributed by atoms with van der Waals surface area (Å²) >= 11 is 0. The van der Waals surface area contributed by atoms with Gasteiger partial charge in [-0.2, -0.15) is 13.2 Å². The van der Waals surface area contributed by atoms with Gasteiger partial charge >= 0.3 is 12.1 Å². The summed E-state index contributed by atoms with van der Waals surface area (Å²) in [6.45, 7) is 1.49. The van der Waals surface area contributed by atoms with Crippen LogP contribution in [0, 0.1) is 0 Å². The number of hydrogen-bond donors (Lipinski definition) is 1. The number of carbonyl (C=O) groups is 1. The Morgan fingerprint density at radius 1 is 1.08 bits per heavy atom. The second kappa shape index (κ2) is 6.56. The van der Waals surface area contributed by atoms with Crippen LogP contribution in [0.4, 0.5) is 18.9 Å². The summed E-state index contributed by atoms with van der Waals surface area (Å²) in [7, 11) is -3.46. The molecule has 1 N–H and O–H groups in total. The number of alkyl halides is 3. The molecule has 0 spiro atoms. The first-order chi connectivity index (χ1) is 11.1. The van der Waals surface area contributed by atoms with Crippen molar-refractivity contribution in [3.05, 3.63) is 36.4 Å². The molecule has 24 heavy (non-hydrogen) atoms. The van der Waals surface area contributed by atoms with E-state index in [1.165, 1.54) is 43.3 Å². The summed E-state index contributed by atoms with van der Waals surface area (Å²) in [5.74, 6) is -2.17. The number of nitrogens with zero attached hydrogens (tertiary/aromatic N) is 2. The Balaban J connectivity index is 2.18. The lowest BCUT2D eigenvalue weighted by molar-refractivity contribution is -0.167. The third kappa shape index (κ3) is 4.07. The number of hydrogen-bond acceptors (Lipinski definition) is 5. The average Bonchev–Trinajstić information content (AvgIpc) is 2.55. The predicted octanol–water partition coefficient (Wildman–Crippen LogP) is 2.44. The molecule has 0 aliphatic heterocycles. The van der Waals surface area contributed by atoms with Gasteiger partial charge in [-0.05, 0) is 24.3 Å². The smallest absolute Gasteiger partial charge is 0.318 e. The second-order valence-corrected chi connectivity index (χ2v) is 6.91. The lowest BCUT2D eigenvalue weighted by Gasteiger charge is -2.08. The first-order valence-electron chi connectivity index (χ1n) is 6.68. The van der Waals surface area contributed by atoms with Crippen molar-refractivity contribution in [2.24, 2.45) is 0 Å². The zero-order chi connectivity index (χ0) is 18.0. The molecule has 2 rings (SSSR count). The van der Waals surface area contributed by atoms with Crippen molar-refractivity contribution >= 4 is 21.4 Å². The lowest BCUT2D eigenvalue weighted by atomic mass is 10.1. The number of halogens is 3. The van der Waals surface area contributed by atoms with Gasteiger partial charge in [-0.1, -0.05) is 19.1 Å². The Morgan fingerprint density at radius 2 is 1.71 bits per heavy atom. The number of rotatable bonds is 4. The van der Waals surface area contributed by atoms with Gasteiger partial charge in [0.25, 0.3) is 0 Å². The van der Waals surface area contributed by atoms with Crippen LogP contribution in [0.15, 0.2) is 41.4 Å². The fraction of sp³-hybridized carbons (Fsp3) is 0.214. The molecule has 1 aromatic carbocycles. The minimum Gasteiger partial charge on any atom is -0.318 e. The van der Waals surface area contributed by atoms with Gasteiger partial charge in [-0.15, -0.1) is 10.2 Å². The first kappa shape index (κ1) is 17.9. The van der Waals surface area contributed by atoms with Gasteiger partial charge in [0.15, 0.2) is 14.9 Å². The van der Waals surface area contributed by atoms with Gasteiger partial charge in [0.1, 0.15) is 0 Å². The number of anilines is 1. The normalized spacial score (nSPS) is 12.0. The number of aromatic nitrogens is 2. The molecular weight excluding hydrogens is 347 g/mol. The van der Waals surface area contributed by atoms with Gasteiger partial charge in [0, 0.05) is 11.3 Å². The van der Waals surface area contributed by atoms with Crippen LogP contribution in [-0.2, 0) is 14.6 Å². The number of amides is 1. The summed E-state index contributed by atoms with van der Waals surface area (Å²) in [5.41, 5.74) is 0.825. The average molecular weight is 359 g/mol. The van der Waals surface area contributed by atoms with E-state index in [1.54, 1.807) is 5.32 Å². The minimum atomic E-state index is -4.97. The maximum atomic E-state index is 12.2. The van der Waals surface area contributed by atoms with E-state index in [-0.39, 0.29) is 16.5 Å². The summed E-state index contributed by atoms with van der Waals surface area (Å²) in [6.07, 6.45) is -4.97. The highest BCUT2D eigenvalue weighted by atomic mass is 32.2. The van der Waals surface area contributed by atoms with Crippen LogP contribution in [0.3, 0.4) is 0 Å². The molecule has 128 valence electrons. The van der Waals surface area contributed by atoms with E-state index in [0.29, 0.717) is 11.3 Å². The third-order valence-corrected chi connectivity index (χ3v) is 4.65. The SMILES string of the molecule is CCS(=O)(=O)c1ccc(-c2ccc(NC(=O)C(F)(F)F)cc2)nn1. The summed E-state index contributed by atoms with van der Waals surface area (Å²) in [6, 6.07) is 8.17. The zero-order valence-corrected chi connectivity index (χ0v) is 13.1. The van der Waals surface area contributed by atoms with Crippen LogP contribution in [-0.4, -0.2) is 36.5 Å². The maximum absolute atomic E-state index is 12.2. The van der Waals surface area contributed by atoms with Crippen molar-refractivity contribution in [1.29, 1.82) is 0 Å². The van der Waals surface area contributed by atoms with E-state index in [0.717, 1.165) is 0 Å². The Labute approximate surface area is 135 Å². The van der Waals surface area contributed by atoms with E-state index in [4.69, 9.17) is 0 Å². The lowest BCUT2D eigenvalue weighted by Crippen LogP contribution is -2.29. The van der Waals surface area contributed by atoms with Gasteiger partial charge in [0.05, 0.1) is 11.4 Å². The van der Waals surface area contributed by atoms with Crippen LogP contribution in [0.1, 0.15) is 6.92 Å². The largest absolute Gasteiger partial charge is 0.471 e. The monoisotopic (exact) mass is 359 g/mol. The van der Waals surface area contributed by atoms with Crippen molar-refractivity contribution in [1.82, 2.24) is 10.2 Å². The Bertz CT molecular complexity index is 832. The third-order valence-electron chi connectivity index (χ3n) is 3.03. The summed E-state index contributed by atoms with van der Waals surface area (Å²) in [4.78, 5) is 10.8. The van der Waals surface area contributed by atoms with Crippen LogP contribution in [0.25, 0.3) is 11.3 Å². The summed E-state index contributed by atoms with van der Waals surface area (Å²) in [5, 5.41) is 9.01. The van der Waals surface area contributed by atoms with Gasteiger partial charge < -0.3 is 5.32 Å². The van der Waals surface area contributed by atoms with Crippen molar-refractivity contribution in [3.8, 4) is 11.3 Å². The quantitative estimate of drug-likeness (QED) is 0.906. The van der Waals surface area contributed by atoms with E-state index in [1.807, 2.05) is 0 Å². The highest BCUT2D eigenvalue weighted by molar-refractivity contribution is 7.91. The Kier molecular flexibility index (Phi) is 4.88. The van der Waals surface area contributed by atoms with E-state index in [9.17, 15) is 26.4 Å². The van der Waals surface area contributed by atoms with E-state index in [2.05, 4.69) is 10.2 Å². The van der Waals surface area contributed by atoms with Crippen LogP contribution >= 0.6 is 0 Å². The molecular formula is C14H12F3N3O3S. The minimum absolute atomic E-state index is 0.0285. The molecule has 0 unspecified atom stereocenters. The second-order valence-electron chi connectivity index (χ2n) is 4.69. The van der Waals surface area contributed by atoms with E-state index >= 15 is 0 Å². The van der Waals surface area contributed by atoms with Crippen molar-refractivity contribution < 1.29 is 26.4 Å². The maximum Gasteiger partial charge on any atom is 0.471 e. The zero-order valence-electron chi connectivity index (χ0n) is 12.3. The van der Waals surface area contributed by atoms with Gasteiger partial charge in [0.2, 0.25) is 0 Å². The fourth-order valence-electron chi connectivity index (χ4n) is 1.71. The molecule has 0 saturated carbocycles.